The minimum Gasteiger partial charge on any atom is -0.452 e. The van der Waals surface area contributed by atoms with Crippen LogP contribution in [-0.2, 0) is 25.8 Å². The quantitative estimate of drug-likeness (QED) is 0.445. The predicted molar refractivity (Wildman–Crippen MR) is 142 cm³/mol. The molecule has 2 aliphatic rings. The van der Waals surface area contributed by atoms with Gasteiger partial charge in [-0.15, -0.1) is 11.3 Å². The van der Waals surface area contributed by atoms with Crippen molar-refractivity contribution in [2.24, 2.45) is 0 Å². The Morgan fingerprint density at radius 3 is 2.75 bits per heavy atom. The Morgan fingerprint density at radius 2 is 2.03 bits per heavy atom. The van der Waals surface area contributed by atoms with E-state index < -0.39 is 22.4 Å². The maximum atomic E-state index is 13.5. The highest BCUT2D eigenvalue weighted by molar-refractivity contribution is 7.91. The van der Waals surface area contributed by atoms with E-state index in [1.807, 2.05) is 35.7 Å². The summed E-state index contributed by atoms with van der Waals surface area (Å²) >= 11 is 1.66. The monoisotopic (exact) mass is 524 g/mol. The number of pyridine rings is 1. The van der Waals surface area contributed by atoms with Crippen molar-refractivity contribution in [3.63, 3.8) is 0 Å². The summed E-state index contributed by atoms with van der Waals surface area (Å²) in [5.41, 5.74) is 3.94. The van der Waals surface area contributed by atoms with E-state index in [2.05, 4.69) is 12.1 Å². The standard InChI is InChI=1S/C27H28N2O5S2/c1-2-29(19-12-14-36(32,33)17-19)24(30)16-34-27(31)25-21-9-3-4-11-23(21)28-26-18(7-5-10-22(25)26)15-20-8-6-13-35-20/h3-4,6,8-9,11,13,15,19H,2,5,7,10,12,14,16-17H2,1H3. The highest BCUT2D eigenvalue weighted by atomic mass is 32.2. The number of hydrogen-bond acceptors (Lipinski definition) is 7. The first kappa shape index (κ1) is 24.6. The number of carbonyl (C=O) groups is 2. The number of allylic oxidation sites excluding steroid dienone is 1. The lowest BCUT2D eigenvalue weighted by Crippen LogP contribution is -2.43. The van der Waals surface area contributed by atoms with E-state index in [1.165, 1.54) is 4.90 Å². The molecule has 1 saturated heterocycles. The van der Waals surface area contributed by atoms with E-state index >= 15 is 0 Å². The molecule has 3 aromatic rings. The number of hydrogen-bond donors (Lipinski definition) is 0. The summed E-state index contributed by atoms with van der Waals surface area (Å²) in [6.07, 6.45) is 5.02. The molecule has 0 spiro atoms. The van der Waals surface area contributed by atoms with Crippen molar-refractivity contribution in [1.82, 2.24) is 9.88 Å². The molecule has 1 atom stereocenters. The number of nitrogens with zero attached hydrogens (tertiary/aromatic N) is 2. The molecular formula is C27H28N2O5S2. The SMILES string of the molecule is CCN(C(=O)COC(=O)c1c2c(nc3ccccc13)C(=Cc1cccs1)CCC2)C1CCS(=O)(=O)C1. The van der Waals surface area contributed by atoms with E-state index in [0.29, 0.717) is 35.9 Å². The second-order valence-corrected chi connectivity index (χ2v) is 12.4. The number of aromatic nitrogens is 1. The second-order valence-electron chi connectivity index (χ2n) is 9.18. The number of likely N-dealkylation sites (N-methyl/N-ethyl adjacent to an activating group) is 1. The van der Waals surface area contributed by atoms with E-state index in [0.717, 1.165) is 34.5 Å². The Hall–Kier alpha value is -3.04. The minimum atomic E-state index is -3.13. The zero-order chi connectivity index (χ0) is 25.3. The van der Waals surface area contributed by atoms with Gasteiger partial charge in [0.1, 0.15) is 0 Å². The summed E-state index contributed by atoms with van der Waals surface area (Å²) in [5, 5.41) is 2.74. The van der Waals surface area contributed by atoms with Gasteiger partial charge in [0, 0.05) is 22.8 Å². The first-order valence-corrected chi connectivity index (χ1v) is 14.9. The summed E-state index contributed by atoms with van der Waals surface area (Å²) in [7, 11) is -3.13. The van der Waals surface area contributed by atoms with Crippen LogP contribution < -0.4 is 0 Å². The highest BCUT2D eigenvalue weighted by Crippen LogP contribution is 2.37. The van der Waals surface area contributed by atoms with Crippen molar-refractivity contribution >= 4 is 55.6 Å². The highest BCUT2D eigenvalue weighted by Gasteiger charge is 2.34. The largest absolute Gasteiger partial charge is 0.452 e. The van der Waals surface area contributed by atoms with Crippen LogP contribution in [-0.4, -0.2) is 60.9 Å². The summed E-state index contributed by atoms with van der Waals surface area (Å²) < 4.78 is 29.4. The molecule has 0 bridgehead atoms. The average molecular weight is 525 g/mol. The van der Waals surface area contributed by atoms with Gasteiger partial charge in [0.25, 0.3) is 5.91 Å². The van der Waals surface area contributed by atoms with E-state index in [4.69, 9.17) is 9.72 Å². The molecule has 1 fully saturated rings. The molecular weight excluding hydrogens is 496 g/mol. The van der Waals surface area contributed by atoms with Crippen molar-refractivity contribution in [2.75, 3.05) is 24.7 Å². The van der Waals surface area contributed by atoms with Gasteiger partial charge >= 0.3 is 5.97 Å². The van der Waals surface area contributed by atoms with Crippen molar-refractivity contribution in [2.45, 2.75) is 38.6 Å². The lowest BCUT2D eigenvalue weighted by molar-refractivity contribution is -0.136. The van der Waals surface area contributed by atoms with Crippen LogP contribution in [0.15, 0.2) is 41.8 Å². The Labute approximate surface area is 214 Å². The Morgan fingerprint density at radius 1 is 1.19 bits per heavy atom. The fourth-order valence-electron chi connectivity index (χ4n) is 5.20. The maximum absolute atomic E-state index is 13.5. The fourth-order valence-corrected chi connectivity index (χ4v) is 7.61. The molecule has 7 nitrogen and oxygen atoms in total. The average Bonchev–Trinajstić information content (AvgIpc) is 3.51. The summed E-state index contributed by atoms with van der Waals surface area (Å²) in [6, 6.07) is 11.2. The molecule has 1 aliphatic carbocycles. The van der Waals surface area contributed by atoms with Gasteiger partial charge in [-0.25, -0.2) is 18.2 Å². The Balaban J connectivity index is 1.44. The van der Waals surface area contributed by atoms with Crippen LogP contribution in [0.25, 0.3) is 22.6 Å². The molecule has 1 amide bonds. The molecule has 0 saturated carbocycles. The number of sulfone groups is 1. The molecule has 9 heteroatoms. The van der Waals surface area contributed by atoms with E-state index in [1.54, 1.807) is 18.3 Å². The van der Waals surface area contributed by atoms with Crippen molar-refractivity contribution in [3.05, 3.63) is 63.5 Å². The van der Waals surface area contributed by atoms with Crippen LogP contribution in [0.4, 0.5) is 0 Å². The number of esters is 1. The van der Waals surface area contributed by atoms with Crippen LogP contribution in [0.2, 0.25) is 0 Å². The number of rotatable bonds is 6. The van der Waals surface area contributed by atoms with Gasteiger partial charge in [-0.2, -0.15) is 0 Å². The van der Waals surface area contributed by atoms with E-state index in [9.17, 15) is 18.0 Å². The molecule has 3 heterocycles. The third-order valence-corrected chi connectivity index (χ3v) is 9.44. The molecule has 2 aromatic heterocycles. The van der Waals surface area contributed by atoms with Gasteiger partial charge in [0.2, 0.25) is 0 Å². The van der Waals surface area contributed by atoms with E-state index in [-0.39, 0.29) is 23.5 Å². The van der Waals surface area contributed by atoms with Crippen LogP contribution in [0, 0.1) is 0 Å². The van der Waals surface area contributed by atoms with Crippen LogP contribution in [0.5, 0.6) is 0 Å². The Kier molecular flexibility index (Phi) is 6.94. The van der Waals surface area contributed by atoms with Crippen molar-refractivity contribution < 1.29 is 22.7 Å². The lowest BCUT2D eigenvalue weighted by Gasteiger charge is -2.27. The van der Waals surface area contributed by atoms with Crippen molar-refractivity contribution in [3.8, 4) is 0 Å². The summed E-state index contributed by atoms with van der Waals surface area (Å²) in [6.45, 7) is 1.74. The maximum Gasteiger partial charge on any atom is 0.339 e. The fraction of sp³-hybridized carbons (Fsp3) is 0.370. The number of benzene rings is 1. The third kappa shape index (κ3) is 4.95. The summed E-state index contributed by atoms with van der Waals surface area (Å²) in [4.78, 5) is 34.0. The molecule has 1 aromatic carbocycles. The molecule has 188 valence electrons. The van der Waals surface area contributed by atoms with Gasteiger partial charge in [-0.05, 0) is 67.3 Å². The first-order valence-electron chi connectivity index (χ1n) is 12.2. The predicted octanol–water partition coefficient (Wildman–Crippen LogP) is 4.37. The van der Waals surface area contributed by atoms with Crippen LogP contribution >= 0.6 is 11.3 Å². The number of para-hydroxylation sites is 1. The Bertz CT molecular complexity index is 1440. The number of amides is 1. The van der Waals surface area contributed by atoms with Gasteiger partial charge in [-0.1, -0.05) is 24.3 Å². The molecule has 0 N–H and O–H groups in total. The summed E-state index contributed by atoms with van der Waals surface area (Å²) in [5.74, 6) is -0.885. The first-order chi connectivity index (χ1) is 17.4. The molecule has 36 heavy (non-hydrogen) atoms. The number of ether oxygens (including phenoxy) is 1. The van der Waals surface area contributed by atoms with Crippen LogP contribution in [0.1, 0.15) is 52.7 Å². The smallest absolute Gasteiger partial charge is 0.339 e. The van der Waals surface area contributed by atoms with Gasteiger partial charge < -0.3 is 9.64 Å². The number of thiophene rings is 1. The lowest BCUT2D eigenvalue weighted by atomic mass is 9.86. The topological polar surface area (TPSA) is 93.6 Å². The van der Waals surface area contributed by atoms with Gasteiger partial charge in [0.15, 0.2) is 16.4 Å². The number of carbonyl (C=O) groups excluding carboxylic acids is 2. The minimum absolute atomic E-state index is 0.0393. The van der Waals surface area contributed by atoms with Crippen LogP contribution in [0.3, 0.4) is 0 Å². The number of fused-ring (bicyclic) bond motifs is 2. The molecule has 5 rings (SSSR count). The zero-order valence-electron chi connectivity index (χ0n) is 20.1. The normalized spacial score (nSPS) is 19.8. The molecule has 1 aliphatic heterocycles. The van der Waals surface area contributed by atoms with Gasteiger partial charge in [-0.3, -0.25) is 4.79 Å². The van der Waals surface area contributed by atoms with Crippen molar-refractivity contribution in [1.29, 1.82) is 0 Å². The molecule has 1 unspecified atom stereocenters. The zero-order valence-corrected chi connectivity index (χ0v) is 21.7. The molecule has 0 radical (unpaired) electrons. The van der Waals surface area contributed by atoms with Gasteiger partial charge in [0.05, 0.1) is 28.3 Å². The third-order valence-electron chi connectivity index (χ3n) is 6.87. The second kappa shape index (κ2) is 10.1.